The normalized spacial score (nSPS) is 23.0. The van der Waals surface area contributed by atoms with Gasteiger partial charge in [-0.1, -0.05) is 0 Å². The molecule has 0 aromatic carbocycles. The van der Waals surface area contributed by atoms with Crippen molar-refractivity contribution in [1.82, 2.24) is 15.1 Å². The second kappa shape index (κ2) is 5.59. The molecule has 1 unspecified atom stereocenters. The number of rotatable bonds is 4. The molecule has 5 heteroatoms. The predicted molar refractivity (Wildman–Crippen MR) is 69.2 cm³/mol. The lowest BCUT2D eigenvalue weighted by atomic mass is 10.3. The summed E-state index contributed by atoms with van der Waals surface area (Å²) in [7, 11) is 0. The number of carbonyl (C=O) groups excluding carboxylic acids is 2. The molecule has 102 valence electrons. The van der Waals surface area contributed by atoms with Crippen molar-refractivity contribution >= 4 is 11.9 Å². The van der Waals surface area contributed by atoms with Crippen LogP contribution in [-0.2, 0) is 4.79 Å². The van der Waals surface area contributed by atoms with Crippen molar-refractivity contribution in [3.63, 3.8) is 0 Å². The first-order valence-corrected chi connectivity index (χ1v) is 6.99. The van der Waals surface area contributed by atoms with Gasteiger partial charge in [-0.2, -0.15) is 0 Å². The molecular formula is C13H23N3O2. The molecule has 0 radical (unpaired) electrons. The van der Waals surface area contributed by atoms with Crippen molar-refractivity contribution in [2.24, 2.45) is 5.92 Å². The standard InChI is InChI=1S/C13H23N3O2/c1-3-15(4-2)13(18)14-11-7-8-16(9-11)12(17)10-5-6-10/h10-11H,3-9H2,1-2H3,(H,14,18). The zero-order valence-electron chi connectivity index (χ0n) is 11.3. The maximum atomic E-state index is 11.9. The molecule has 1 aliphatic heterocycles. The number of nitrogens with zero attached hydrogens (tertiary/aromatic N) is 2. The third kappa shape index (κ3) is 2.94. The van der Waals surface area contributed by atoms with Crippen LogP contribution < -0.4 is 5.32 Å². The minimum Gasteiger partial charge on any atom is -0.340 e. The Hall–Kier alpha value is -1.26. The first-order valence-electron chi connectivity index (χ1n) is 6.99. The number of urea groups is 1. The smallest absolute Gasteiger partial charge is 0.317 e. The average Bonchev–Trinajstić information content (AvgIpc) is 3.11. The van der Waals surface area contributed by atoms with Gasteiger partial charge in [0.15, 0.2) is 0 Å². The molecule has 1 aliphatic carbocycles. The van der Waals surface area contributed by atoms with Gasteiger partial charge in [0, 0.05) is 38.1 Å². The highest BCUT2D eigenvalue weighted by molar-refractivity contribution is 5.81. The molecule has 0 aromatic heterocycles. The Morgan fingerprint density at radius 2 is 1.89 bits per heavy atom. The van der Waals surface area contributed by atoms with Gasteiger partial charge in [-0.05, 0) is 33.1 Å². The fraction of sp³-hybridized carbons (Fsp3) is 0.846. The van der Waals surface area contributed by atoms with Gasteiger partial charge in [0.05, 0.1) is 0 Å². The van der Waals surface area contributed by atoms with Crippen LogP contribution in [0.5, 0.6) is 0 Å². The zero-order valence-corrected chi connectivity index (χ0v) is 11.3. The van der Waals surface area contributed by atoms with E-state index in [-0.39, 0.29) is 23.9 Å². The van der Waals surface area contributed by atoms with Crippen molar-refractivity contribution in [3.05, 3.63) is 0 Å². The Morgan fingerprint density at radius 3 is 2.44 bits per heavy atom. The summed E-state index contributed by atoms with van der Waals surface area (Å²) in [6.07, 6.45) is 2.98. The topological polar surface area (TPSA) is 52.7 Å². The van der Waals surface area contributed by atoms with E-state index in [1.54, 1.807) is 4.90 Å². The molecule has 1 N–H and O–H groups in total. The molecule has 2 aliphatic rings. The summed E-state index contributed by atoms with van der Waals surface area (Å²) in [6, 6.07) is 0.117. The Balaban J connectivity index is 1.78. The van der Waals surface area contributed by atoms with Crippen molar-refractivity contribution in [1.29, 1.82) is 0 Å². The third-order valence-corrected chi connectivity index (χ3v) is 3.80. The monoisotopic (exact) mass is 253 g/mol. The van der Waals surface area contributed by atoms with Crippen molar-refractivity contribution < 1.29 is 9.59 Å². The van der Waals surface area contributed by atoms with Gasteiger partial charge < -0.3 is 15.1 Å². The zero-order chi connectivity index (χ0) is 13.1. The lowest BCUT2D eigenvalue weighted by Gasteiger charge is -2.22. The van der Waals surface area contributed by atoms with E-state index in [9.17, 15) is 9.59 Å². The molecule has 1 saturated heterocycles. The summed E-state index contributed by atoms with van der Waals surface area (Å²) in [6.45, 7) is 6.86. The minimum absolute atomic E-state index is 0.00859. The minimum atomic E-state index is -0.00859. The average molecular weight is 253 g/mol. The number of hydrogen-bond acceptors (Lipinski definition) is 2. The summed E-state index contributed by atoms with van der Waals surface area (Å²) in [4.78, 5) is 27.5. The van der Waals surface area contributed by atoms with Crippen LogP contribution in [0.25, 0.3) is 0 Å². The molecule has 0 aromatic rings. The highest BCUT2D eigenvalue weighted by atomic mass is 16.2. The number of nitrogens with one attached hydrogen (secondary N) is 1. The van der Waals surface area contributed by atoms with Crippen LogP contribution in [0.2, 0.25) is 0 Å². The van der Waals surface area contributed by atoms with Crippen LogP contribution in [0, 0.1) is 5.92 Å². The van der Waals surface area contributed by atoms with E-state index in [2.05, 4.69) is 5.32 Å². The molecule has 0 spiro atoms. The van der Waals surface area contributed by atoms with E-state index in [1.807, 2.05) is 18.7 Å². The Kier molecular flexibility index (Phi) is 4.09. The summed E-state index contributed by atoms with van der Waals surface area (Å²) in [5.41, 5.74) is 0. The lowest BCUT2D eigenvalue weighted by molar-refractivity contribution is -0.131. The predicted octanol–water partition coefficient (Wildman–Crippen LogP) is 1.05. The van der Waals surface area contributed by atoms with E-state index >= 15 is 0 Å². The van der Waals surface area contributed by atoms with Crippen molar-refractivity contribution in [2.45, 2.75) is 39.2 Å². The molecule has 3 amide bonds. The van der Waals surface area contributed by atoms with Crippen molar-refractivity contribution in [3.8, 4) is 0 Å². The van der Waals surface area contributed by atoms with Gasteiger partial charge in [-0.3, -0.25) is 4.79 Å². The number of carbonyl (C=O) groups is 2. The number of likely N-dealkylation sites (tertiary alicyclic amines) is 1. The quantitative estimate of drug-likeness (QED) is 0.814. The molecule has 0 bridgehead atoms. The molecule has 5 nitrogen and oxygen atoms in total. The van der Waals surface area contributed by atoms with Crippen LogP contribution in [0.1, 0.15) is 33.1 Å². The van der Waals surface area contributed by atoms with Crippen LogP contribution in [0.15, 0.2) is 0 Å². The van der Waals surface area contributed by atoms with Gasteiger partial charge in [-0.25, -0.2) is 4.79 Å². The summed E-state index contributed by atoms with van der Waals surface area (Å²) in [5, 5.41) is 3.02. The Bertz CT molecular complexity index is 324. The van der Waals surface area contributed by atoms with Crippen molar-refractivity contribution in [2.75, 3.05) is 26.2 Å². The largest absolute Gasteiger partial charge is 0.340 e. The van der Waals surface area contributed by atoms with Crippen LogP contribution >= 0.6 is 0 Å². The van der Waals surface area contributed by atoms with Gasteiger partial charge in [0.1, 0.15) is 0 Å². The van der Waals surface area contributed by atoms with Gasteiger partial charge >= 0.3 is 6.03 Å². The second-order valence-corrected chi connectivity index (χ2v) is 5.17. The number of amides is 3. The van der Waals surface area contributed by atoms with Gasteiger partial charge in [0.2, 0.25) is 5.91 Å². The Morgan fingerprint density at radius 1 is 1.22 bits per heavy atom. The molecule has 2 fully saturated rings. The summed E-state index contributed by atoms with van der Waals surface area (Å²) < 4.78 is 0. The second-order valence-electron chi connectivity index (χ2n) is 5.17. The van der Waals surface area contributed by atoms with E-state index in [1.165, 1.54) is 0 Å². The molecule has 18 heavy (non-hydrogen) atoms. The van der Waals surface area contributed by atoms with Crippen LogP contribution in [-0.4, -0.2) is 54.0 Å². The first kappa shape index (κ1) is 13.2. The highest BCUT2D eigenvalue weighted by Crippen LogP contribution is 2.32. The molecule has 1 heterocycles. The molecule has 1 saturated carbocycles. The summed E-state index contributed by atoms with van der Waals surface area (Å²) >= 11 is 0. The van der Waals surface area contributed by atoms with E-state index < -0.39 is 0 Å². The lowest BCUT2D eigenvalue weighted by Crippen LogP contribution is -2.46. The molecule has 1 atom stereocenters. The molecule has 2 rings (SSSR count). The maximum Gasteiger partial charge on any atom is 0.317 e. The van der Waals surface area contributed by atoms with Crippen LogP contribution in [0.3, 0.4) is 0 Å². The van der Waals surface area contributed by atoms with Gasteiger partial charge in [0.25, 0.3) is 0 Å². The van der Waals surface area contributed by atoms with Crippen LogP contribution in [0.4, 0.5) is 4.79 Å². The van der Waals surface area contributed by atoms with E-state index in [0.717, 1.165) is 38.9 Å². The Labute approximate surface area is 108 Å². The number of hydrogen-bond donors (Lipinski definition) is 1. The molecular weight excluding hydrogens is 230 g/mol. The fourth-order valence-electron chi connectivity index (χ4n) is 2.44. The fourth-order valence-corrected chi connectivity index (χ4v) is 2.44. The van der Waals surface area contributed by atoms with E-state index in [4.69, 9.17) is 0 Å². The summed E-state index contributed by atoms with van der Waals surface area (Å²) in [5.74, 6) is 0.567. The van der Waals surface area contributed by atoms with E-state index in [0.29, 0.717) is 6.54 Å². The van der Waals surface area contributed by atoms with Gasteiger partial charge in [-0.15, -0.1) is 0 Å². The SMILES string of the molecule is CCN(CC)C(=O)NC1CCN(C(=O)C2CC2)C1. The third-order valence-electron chi connectivity index (χ3n) is 3.80. The highest BCUT2D eigenvalue weighted by Gasteiger charge is 2.36. The first-order chi connectivity index (χ1) is 8.65. The maximum absolute atomic E-state index is 11.9.